The van der Waals surface area contributed by atoms with Gasteiger partial charge in [-0.05, 0) is 51.1 Å². The van der Waals surface area contributed by atoms with E-state index in [-0.39, 0.29) is 25.0 Å². The largest absolute Gasteiger partial charge is 0.494 e. The molecule has 0 bridgehead atoms. The van der Waals surface area contributed by atoms with Crippen LogP contribution in [-0.4, -0.2) is 25.0 Å². The zero-order valence-electron chi connectivity index (χ0n) is 14.6. The number of nitriles is 1. The van der Waals surface area contributed by atoms with Gasteiger partial charge in [0.1, 0.15) is 0 Å². The molecular formula is C18H25B2NO2. The molecule has 2 fully saturated rings. The molecular weight excluding hydrogens is 284 g/mol. The maximum absolute atomic E-state index is 9.16. The van der Waals surface area contributed by atoms with Crippen LogP contribution in [0.2, 0.25) is 12.6 Å². The standard InChI is InChI=1S/C18H25B2NO2/c1-17(2)18(3,4)23-20(22-17)16-9-7-14(8-10-16)15-6-5-11-19(12-15)13-21/h7-10,15H,5-6,11-12H2,1-4H3. The average Bonchev–Trinajstić information content (AvgIpc) is 2.76. The highest BCUT2D eigenvalue weighted by Crippen LogP contribution is 2.37. The van der Waals surface area contributed by atoms with Gasteiger partial charge in [-0.2, -0.15) is 0 Å². The maximum atomic E-state index is 9.16. The van der Waals surface area contributed by atoms with E-state index in [2.05, 4.69) is 57.9 Å². The van der Waals surface area contributed by atoms with E-state index in [9.17, 15) is 0 Å². The van der Waals surface area contributed by atoms with E-state index in [1.54, 1.807) is 0 Å². The van der Waals surface area contributed by atoms with Gasteiger partial charge in [-0.15, -0.1) is 0 Å². The highest BCUT2D eigenvalue weighted by atomic mass is 16.7. The lowest BCUT2D eigenvalue weighted by molar-refractivity contribution is 0.00578. The van der Waals surface area contributed by atoms with Crippen molar-refractivity contribution in [1.82, 2.24) is 0 Å². The number of rotatable bonds is 2. The van der Waals surface area contributed by atoms with Crippen molar-refractivity contribution in [2.75, 3.05) is 0 Å². The highest BCUT2D eigenvalue weighted by Gasteiger charge is 2.51. The Balaban J connectivity index is 1.72. The van der Waals surface area contributed by atoms with Crippen molar-refractivity contribution in [3.05, 3.63) is 29.8 Å². The van der Waals surface area contributed by atoms with Crippen molar-refractivity contribution in [2.24, 2.45) is 0 Å². The van der Waals surface area contributed by atoms with E-state index in [0.717, 1.165) is 24.5 Å². The summed E-state index contributed by atoms with van der Waals surface area (Å²) >= 11 is 0. The van der Waals surface area contributed by atoms with Crippen LogP contribution in [-0.2, 0) is 9.31 Å². The molecule has 2 aliphatic heterocycles. The van der Waals surface area contributed by atoms with Crippen LogP contribution in [0.1, 0.15) is 52.0 Å². The van der Waals surface area contributed by atoms with Crippen molar-refractivity contribution in [3.63, 3.8) is 0 Å². The zero-order valence-corrected chi connectivity index (χ0v) is 14.6. The van der Waals surface area contributed by atoms with E-state index in [4.69, 9.17) is 14.6 Å². The van der Waals surface area contributed by atoms with E-state index < -0.39 is 0 Å². The monoisotopic (exact) mass is 309 g/mol. The van der Waals surface area contributed by atoms with Gasteiger partial charge in [0.2, 0.25) is 0 Å². The van der Waals surface area contributed by atoms with Gasteiger partial charge in [0.15, 0.2) is 0 Å². The molecule has 1 aromatic rings. The molecule has 0 aromatic heterocycles. The molecule has 1 atom stereocenters. The number of nitrogens with zero attached hydrogens (tertiary/aromatic N) is 1. The molecule has 23 heavy (non-hydrogen) atoms. The lowest BCUT2D eigenvalue weighted by Gasteiger charge is -2.32. The minimum Gasteiger partial charge on any atom is -0.399 e. The van der Waals surface area contributed by atoms with Crippen molar-refractivity contribution in [2.45, 2.75) is 70.3 Å². The van der Waals surface area contributed by atoms with E-state index >= 15 is 0 Å². The highest BCUT2D eigenvalue weighted by molar-refractivity contribution is 6.67. The predicted molar refractivity (Wildman–Crippen MR) is 95.1 cm³/mol. The van der Waals surface area contributed by atoms with Gasteiger partial charge >= 0.3 is 7.12 Å². The second kappa shape index (κ2) is 6.00. The van der Waals surface area contributed by atoms with Gasteiger partial charge in [0.05, 0.1) is 11.2 Å². The Morgan fingerprint density at radius 3 is 2.26 bits per heavy atom. The zero-order chi connectivity index (χ0) is 16.7. The van der Waals surface area contributed by atoms with Gasteiger partial charge in [0.25, 0.3) is 6.71 Å². The van der Waals surface area contributed by atoms with Gasteiger partial charge in [-0.25, -0.2) is 5.26 Å². The predicted octanol–water partition coefficient (Wildman–Crippen LogP) is 3.42. The molecule has 1 aromatic carbocycles. The van der Waals surface area contributed by atoms with Crippen molar-refractivity contribution in [1.29, 1.82) is 5.26 Å². The third-order valence-electron chi connectivity index (χ3n) is 5.79. The van der Waals surface area contributed by atoms with Gasteiger partial charge in [-0.3, -0.25) is 0 Å². The van der Waals surface area contributed by atoms with Crippen LogP contribution in [0.5, 0.6) is 0 Å². The second-order valence-corrected chi connectivity index (χ2v) is 7.94. The summed E-state index contributed by atoms with van der Waals surface area (Å²) in [6.45, 7) is 8.52. The molecule has 0 radical (unpaired) electrons. The first kappa shape index (κ1) is 16.6. The summed E-state index contributed by atoms with van der Waals surface area (Å²) in [5.41, 5.74) is 1.80. The SMILES string of the molecule is CC1(C)OB(c2ccc(C3CCCB(C#N)C3)cc2)OC1(C)C. The Labute approximate surface area is 140 Å². The Morgan fingerprint density at radius 1 is 1.09 bits per heavy atom. The first-order valence-corrected chi connectivity index (χ1v) is 8.67. The number of hydrogen-bond donors (Lipinski definition) is 0. The number of hydrogen-bond acceptors (Lipinski definition) is 3. The smallest absolute Gasteiger partial charge is 0.399 e. The third-order valence-corrected chi connectivity index (χ3v) is 5.79. The summed E-state index contributed by atoms with van der Waals surface area (Å²) in [6.07, 6.45) is 4.39. The fourth-order valence-electron chi connectivity index (χ4n) is 3.51. The van der Waals surface area contributed by atoms with E-state index in [0.29, 0.717) is 5.92 Å². The molecule has 3 nitrogen and oxygen atoms in total. The Hall–Kier alpha value is -1.24. The van der Waals surface area contributed by atoms with Crippen LogP contribution in [0.3, 0.4) is 0 Å². The summed E-state index contributed by atoms with van der Waals surface area (Å²) in [4.78, 5) is 0. The van der Waals surface area contributed by atoms with Gasteiger partial charge < -0.3 is 9.31 Å². The van der Waals surface area contributed by atoms with Gasteiger partial charge in [0, 0.05) is 5.97 Å². The molecule has 2 heterocycles. The molecule has 0 amide bonds. The van der Waals surface area contributed by atoms with Crippen molar-refractivity contribution in [3.8, 4) is 5.97 Å². The molecule has 3 rings (SSSR count). The molecule has 2 saturated heterocycles. The molecule has 0 spiro atoms. The summed E-state index contributed by atoms with van der Waals surface area (Å²) in [5.74, 6) is 2.95. The summed E-state index contributed by atoms with van der Waals surface area (Å²) in [7, 11) is -0.299. The third kappa shape index (κ3) is 3.20. The van der Waals surface area contributed by atoms with Crippen LogP contribution in [0.15, 0.2) is 24.3 Å². The van der Waals surface area contributed by atoms with Crippen LogP contribution in [0.4, 0.5) is 0 Å². The molecule has 0 N–H and O–H groups in total. The van der Waals surface area contributed by atoms with Crippen molar-refractivity contribution >= 4 is 19.3 Å². The molecule has 120 valence electrons. The Kier molecular flexibility index (Phi) is 4.33. The first-order valence-electron chi connectivity index (χ1n) is 8.67. The normalized spacial score (nSPS) is 26.1. The molecule has 2 aliphatic rings. The van der Waals surface area contributed by atoms with Crippen LogP contribution < -0.4 is 5.46 Å². The molecule has 0 saturated carbocycles. The quantitative estimate of drug-likeness (QED) is 0.786. The number of benzene rings is 1. The van der Waals surface area contributed by atoms with E-state index in [1.165, 1.54) is 12.0 Å². The first-order chi connectivity index (χ1) is 10.8. The van der Waals surface area contributed by atoms with Crippen LogP contribution >= 0.6 is 0 Å². The van der Waals surface area contributed by atoms with Crippen LogP contribution in [0.25, 0.3) is 0 Å². The van der Waals surface area contributed by atoms with Crippen molar-refractivity contribution < 1.29 is 9.31 Å². The Bertz CT molecular complexity index is 590. The van der Waals surface area contributed by atoms with Gasteiger partial charge in [-0.1, -0.05) is 43.3 Å². The summed E-state index contributed by atoms with van der Waals surface area (Å²) < 4.78 is 12.2. The molecule has 0 aliphatic carbocycles. The summed E-state index contributed by atoms with van der Waals surface area (Å²) in [6, 6.07) is 8.61. The minimum absolute atomic E-state index is 0.219. The fourth-order valence-corrected chi connectivity index (χ4v) is 3.51. The topological polar surface area (TPSA) is 42.2 Å². The average molecular weight is 309 g/mol. The Morgan fingerprint density at radius 2 is 1.70 bits per heavy atom. The minimum atomic E-state index is -0.306. The lowest BCUT2D eigenvalue weighted by Crippen LogP contribution is -2.41. The van der Waals surface area contributed by atoms with E-state index in [1.807, 2.05) is 0 Å². The van der Waals surface area contributed by atoms with Crippen LogP contribution in [0, 0.1) is 11.2 Å². The second-order valence-electron chi connectivity index (χ2n) is 7.94. The fraction of sp³-hybridized carbons (Fsp3) is 0.611. The molecule has 1 unspecified atom stereocenters. The molecule has 5 heteroatoms. The summed E-state index contributed by atoms with van der Waals surface area (Å²) in [5, 5.41) is 9.16. The maximum Gasteiger partial charge on any atom is 0.494 e. The lowest BCUT2D eigenvalue weighted by atomic mass is 9.40.